The normalized spacial score (nSPS) is 11.6. The van der Waals surface area contributed by atoms with Gasteiger partial charge in [-0.15, -0.1) is 0 Å². The lowest BCUT2D eigenvalue weighted by molar-refractivity contribution is -0.151. The average molecular weight is 243 g/mol. The van der Waals surface area contributed by atoms with E-state index in [4.69, 9.17) is 4.74 Å². The lowest BCUT2D eigenvalue weighted by Gasteiger charge is -2.22. The van der Waals surface area contributed by atoms with E-state index >= 15 is 0 Å². The van der Waals surface area contributed by atoms with Gasteiger partial charge in [0.15, 0.2) is 0 Å². The first-order valence-electron chi connectivity index (χ1n) is 5.05. The van der Waals surface area contributed by atoms with Crippen LogP contribution in [0.25, 0.3) is 0 Å². The zero-order valence-corrected chi connectivity index (χ0v) is 11.1. The molecule has 4 nitrogen and oxygen atoms in total. The van der Waals surface area contributed by atoms with E-state index in [0.29, 0.717) is 6.54 Å². The largest absolute Gasteiger partial charge is 0.469 e. The van der Waals surface area contributed by atoms with Gasteiger partial charge in [0.05, 0.1) is 12.5 Å². The van der Waals surface area contributed by atoms with Crippen molar-refractivity contribution in [3.05, 3.63) is 20.2 Å². The highest BCUT2D eigenvalue weighted by molar-refractivity contribution is 7.09. The number of hydrogen-bond donors (Lipinski definition) is 0. The van der Waals surface area contributed by atoms with Crippen molar-refractivity contribution >= 4 is 17.3 Å². The van der Waals surface area contributed by atoms with Crippen molar-refractivity contribution in [2.75, 3.05) is 7.11 Å². The third-order valence-electron chi connectivity index (χ3n) is 2.67. The highest BCUT2D eigenvalue weighted by Gasteiger charge is 2.30. The minimum atomic E-state index is -0.684. The number of methoxy groups -OCH3 is 1. The van der Waals surface area contributed by atoms with Gasteiger partial charge in [0.2, 0.25) is 0 Å². The standard InChI is InChI=1S/C11H17NO3S/c1-7-8(2)16-10(14)12(7)6-11(3,4)9(13)15-5/h6H2,1-5H3. The van der Waals surface area contributed by atoms with Crippen molar-refractivity contribution in [1.82, 2.24) is 4.57 Å². The van der Waals surface area contributed by atoms with Gasteiger partial charge in [-0.1, -0.05) is 11.3 Å². The van der Waals surface area contributed by atoms with Gasteiger partial charge in [-0.05, 0) is 27.7 Å². The zero-order valence-electron chi connectivity index (χ0n) is 10.3. The van der Waals surface area contributed by atoms with Crippen molar-refractivity contribution in [2.24, 2.45) is 5.41 Å². The van der Waals surface area contributed by atoms with Crippen LogP contribution in [0.5, 0.6) is 0 Å². The number of carbonyl (C=O) groups excluding carboxylic acids is 1. The van der Waals surface area contributed by atoms with Crippen LogP contribution in [0, 0.1) is 19.3 Å². The lowest BCUT2D eigenvalue weighted by Crippen LogP contribution is -2.33. The summed E-state index contributed by atoms with van der Waals surface area (Å²) in [6.45, 7) is 7.70. The van der Waals surface area contributed by atoms with Gasteiger partial charge in [0.25, 0.3) is 0 Å². The van der Waals surface area contributed by atoms with Gasteiger partial charge in [0.1, 0.15) is 0 Å². The third-order valence-corrected chi connectivity index (χ3v) is 3.66. The minimum Gasteiger partial charge on any atom is -0.469 e. The summed E-state index contributed by atoms with van der Waals surface area (Å²) >= 11 is 1.21. The van der Waals surface area contributed by atoms with E-state index in [0.717, 1.165) is 10.6 Å². The molecule has 0 saturated carbocycles. The Hall–Kier alpha value is -1.10. The van der Waals surface area contributed by atoms with Crippen LogP contribution < -0.4 is 4.87 Å². The Morgan fingerprint density at radius 2 is 2.00 bits per heavy atom. The SMILES string of the molecule is COC(=O)C(C)(C)Cn1c(C)c(C)sc1=O. The van der Waals surface area contributed by atoms with Crippen LogP contribution in [0.3, 0.4) is 0 Å². The van der Waals surface area contributed by atoms with Gasteiger partial charge in [-0.3, -0.25) is 9.59 Å². The first-order chi connectivity index (χ1) is 7.29. The fraction of sp³-hybridized carbons (Fsp3) is 0.636. The van der Waals surface area contributed by atoms with E-state index in [-0.39, 0.29) is 10.8 Å². The molecule has 0 atom stereocenters. The topological polar surface area (TPSA) is 48.3 Å². The molecule has 0 bridgehead atoms. The molecule has 0 amide bonds. The molecular weight excluding hydrogens is 226 g/mol. The van der Waals surface area contributed by atoms with Crippen LogP contribution in [0.2, 0.25) is 0 Å². The maximum Gasteiger partial charge on any atom is 0.313 e. The summed E-state index contributed by atoms with van der Waals surface area (Å²) < 4.78 is 6.36. The third kappa shape index (κ3) is 2.35. The molecule has 0 N–H and O–H groups in total. The van der Waals surface area contributed by atoms with Crippen LogP contribution in [-0.2, 0) is 16.1 Å². The predicted octanol–water partition coefficient (Wildman–Crippen LogP) is 1.73. The Morgan fingerprint density at radius 1 is 1.44 bits per heavy atom. The Bertz CT molecular complexity index is 456. The molecule has 0 aliphatic rings. The molecule has 0 radical (unpaired) electrons. The number of aromatic nitrogens is 1. The molecule has 1 aromatic rings. The number of nitrogens with zero attached hydrogens (tertiary/aromatic N) is 1. The minimum absolute atomic E-state index is 0.0213. The molecule has 16 heavy (non-hydrogen) atoms. The molecule has 1 rings (SSSR count). The lowest BCUT2D eigenvalue weighted by atomic mass is 9.93. The number of hydrogen-bond acceptors (Lipinski definition) is 4. The predicted molar refractivity (Wildman–Crippen MR) is 63.9 cm³/mol. The maximum absolute atomic E-state index is 11.7. The second kappa shape index (κ2) is 4.41. The van der Waals surface area contributed by atoms with E-state index < -0.39 is 5.41 Å². The van der Waals surface area contributed by atoms with Crippen molar-refractivity contribution in [1.29, 1.82) is 0 Å². The van der Waals surface area contributed by atoms with Crippen LogP contribution in [-0.4, -0.2) is 17.6 Å². The molecule has 0 fully saturated rings. The molecule has 90 valence electrons. The van der Waals surface area contributed by atoms with Crippen molar-refractivity contribution in [2.45, 2.75) is 34.2 Å². The van der Waals surface area contributed by atoms with Gasteiger partial charge in [-0.25, -0.2) is 0 Å². The molecule has 0 aromatic carbocycles. The second-order valence-corrected chi connectivity index (χ2v) is 5.64. The summed E-state index contributed by atoms with van der Waals surface area (Å²) in [6.07, 6.45) is 0. The molecule has 0 aliphatic heterocycles. The van der Waals surface area contributed by atoms with Gasteiger partial charge < -0.3 is 9.30 Å². The van der Waals surface area contributed by atoms with Crippen LogP contribution >= 0.6 is 11.3 Å². The first kappa shape index (κ1) is 13.0. The summed E-state index contributed by atoms with van der Waals surface area (Å²) in [5, 5.41) is 0. The first-order valence-corrected chi connectivity index (χ1v) is 5.86. The summed E-state index contributed by atoms with van der Waals surface area (Å²) in [5.41, 5.74) is 0.239. The Balaban J connectivity index is 3.05. The average Bonchev–Trinajstić information content (AvgIpc) is 2.43. The summed E-state index contributed by atoms with van der Waals surface area (Å²) in [5.74, 6) is -0.303. The number of esters is 1. The van der Waals surface area contributed by atoms with Crippen molar-refractivity contribution < 1.29 is 9.53 Å². The Morgan fingerprint density at radius 3 is 2.38 bits per heavy atom. The molecule has 0 aliphatic carbocycles. The zero-order chi connectivity index (χ0) is 12.5. The summed E-state index contributed by atoms with van der Waals surface area (Å²) in [7, 11) is 1.36. The van der Waals surface area contributed by atoms with Gasteiger partial charge in [0, 0.05) is 17.1 Å². The number of rotatable bonds is 3. The number of carbonyl (C=O) groups is 1. The molecule has 0 unspecified atom stereocenters. The molecule has 1 aromatic heterocycles. The molecule has 5 heteroatoms. The number of ether oxygens (including phenoxy) is 1. The summed E-state index contributed by atoms with van der Waals surface area (Å²) in [4.78, 5) is 24.2. The Labute approximate surface area is 98.9 Å². The highest BCUT2D eigenvalue weighted by atomic mass is 32.1. The number of thiazole rings is 1. The smallest absolute Gasteiger partial charge is 0.313 e. The van der Waals surface area contributed by atoms with Crippen LogP contribution in [0.4, 0.5) is 0 Å². The van der Waals surface area contributed by atoms with Crippen molar-refractivity contribution in [3.8, 4) is 0 Å². The molecular formula is C11H17NO3S. The van der Waals surface area contributed by atoms with E-state index in [1.165, 1.54) is 18.4 Å². The fourth-order valence-corrected chi connectivity index (χ4v) is 2.34. The highest BCUT2D eigenvalue weighted by Crippen LogP contribution is 2.21. The quantitative estimate of drug-likeness (QED) is 0.760. The van der Waals surface area contributed by atoms with Gasteiger partial charge >= 0.3 is 10.8 Å². The van der Waals surface area contributed by atoms with Gasteiger partial charge in [-0.2, -0.15) is 0 Å². The fourth-order valence-electron chi connectivity index (χ4n) is 1.51. The van der Waals surface area contributed by atoms with Crippen molar-refractivity contribution in [3.63, 3.8) is 0 Å². The van der Waals surface area contributed by atoms with E-state index in [1.54, 1.807) is 18.4 Å². The molecule has 1 heterocycles. The maximum atomic E-state index is 11.7. The number of aryl methyl sites for hydroxylation is 1. The monoisotopic (exact) mass is 243 g/mol. The molecule has 0 saturated heterocycles. The van der Waals surface area contributed by atoms with E-state index in [1.807, 2.05) is 13.8 Å². The Kier molecular flexibility index (Phi) is 3.57. The molecule has 0 spiro atoms. The van der Waals surface area contributed by atoms with E-state index in [2.05, 4.69) is 0 Å². The summed E-state index contributed by atoms with van der Waals surface area (Å²) in [6, 6.07) is 0. The van der Waals surface area contributed by atoms with Crippen LogP contribution in [0.15, 0.2) is 4.79 Å². The second-order valence-electron chi connectivity index (χ2n) is 4.47. The van der Waals surface area contributed by atoms with Crippen LogP contribution in [0.1, 0.15) is 24.4 Å². The van der Waals surface area contributed by atoms with E-state index in [9.17, 15) is 9.59 Å².